The van der Waals surface area contributed by atoms with Crippen LogP contribution in [-0.4, -0.2) is 12.4 Å². The van der Waals surface area contributed by atoms with Crippen molar-refractivity contribution in [2.75, 3.05) is 0 Å². The number of nitrogens with one attached hydrogen (secondary N) is 1. The second kappa shape index (κ2) is 6.62. The fraction of sp³-hybridized carbons (Fsp3) is 0.250. The molecule has 7 heteroatoms. The van der Waals surface area contributed by atoms with Crippen LogP contribution in [0, 0.1) is 0 Å². The van der Waals surface area contributed by atoms with E-state index in [2.05, 4.69) is 0 Å². The molecular formula is C16H13F6N. The molecule has 124 valence electrons. The van der Waals surface area contributed by atoms with Gasteiger partial charge in [-0.3, -0.25) is 5.32 Å². The Balaban J connectivity index is 2.39. The van der Waals surface area contributed by atoms with Gasteiger partial charge in [-0.05, 0) is 11.1 Å². The molecule has 0 saturated heterocycles. The number of hydrogen-bond acceptors (Lipinski definition) is 1. The summed E-state index contributed by atoms with van der Waals surface area (Å²) in [6, 6.07) is 8.11. The molecule has 0 aliphatic rings. The Hall–Kier alpha value is -2.02. The highest BCUT2D eigenvalue weighted by Gasteiger charge is 2.48. The molecule has 0 spiro atoms. The van der Waals surface area contributed by atoms with E-state index in [0.29, 0.717) is 0 Å². The molecule has 2 aromatic carbocycles. The van der Waals surface area contributed by atoms with Crippen molar-refractivity contribution in [1.29, 1.82) is 0 Å². The summed E-state index contributed by atoms with van der Waals surface area (Å²) in [5.74, 6) is 0. The Labute approximate surface area is 128 Å². The predicted molar refractivity (Wildman–Crippen MR) is 73.6 cm³/mol. The zero-order valence-electron chi connectivity index (χ0n) is 11.7. The molecule has 0 saturated carbocycles. The standard InChI is InChI=1S/C16H13F6N/c17-15(18,19)13(11-7-3-1-4-8-11)23-14(16(20,21)22)12-9-5-2-6-10-12/h1-10,13-14,23H/t13-,14+. The number of hydrogen-bond donors (Lipinski definition) is 1. The number of benzene rings is 2. The molecule has 2 rings (SSSR count). The van der Waals surface area contributed by atoms with Gasteiger partial charge in [-0.1, -0.05) is 60.7 Å². The summed E-state index contributed by atoms with van der Waals surface area (Å²) >= 11 is 0. The van der Waals surface area contributed by atoms with Gasteiger partial charge in [0.25, 0.3) is 0 Å². The Morgan fingerprint density at radius 1 is 0.565 bits per heavy atom. The number of rotatable bonds is 4. The summed E-state index contributed by atoms with van der Waals surface area (Å²) < 4.78 is 79.4. The van der Waals surface area contributed by atoms with Gasteiger partial charge in [0.05, 0.1) is 0 Å². The lowest BCUT2D eigenvalue weighted by molar-refractivity contribution is -0.190. The van der Waals surface area contributed by atoms with Gasteiger partial charge in [-0.25, -0.2) is 0 Å². The SMILES string of the molecule is FC(F)(F)[C@H](N[C@@H](c1ccccc1)C(F)(F)F)c1ccccc1. The number of halogens is 6. The van der Waals surface area contributed by atoms with E-state index in [1.54, 1.807) is 5.32 Å². The summed E-state index contributed by atoms with van der Waals surface area (Å²) in [5, 5.41) is 1.72. The highest BCUT2D eigenvalue weighted by Crippen LogP contribution is 2.39. The summed E-state index contributed by atoms with van der Waals surface area (Å²) in [6.45, 7) is 0. The fourth-order valence-corrected chi connectivity index (χ4v) is 2.22. The average Bonchev–Trinajstić information content (AvgIpc) is 2.47. The van der Waals surface area contributed by atoms with Crippen molar-refractivity contribution in [3.05, 3.63) is 71.8 Å². The van der Waals surface area contributed by atoms with Crippen molar-refractivity contribution < 1.29 is 26.3 Å². The monoisotopic (exact) mass is 333 g/mol. The average molecular weight is 333 g/mol. The van der Waals surface area contributed by atoms with Crippen LogP contribution in [0.25, 0.3) is 0 Å². The highest BCUT2D eigenvalue weighted by molar-refractivity contribution is 5.24. The minimum Gasteiger partial charge on any atom is -0.288 e. The topological polar surface area (TPSA) is 12.0 Å². The minimum atomic E-state index is -4.86. The van der Waals surface area contributed by atoms with Crippen molar-refractivity contribution >= 4 is 0 Å². The highest BCUT2D eigenvalue weighted by atomic mass is 19.4. The van der Waals surface area contributed by atoms with Crippen LogP contribution in [0.5, 0.6) is 0 Å². The van der Waals surface area contributed by atoms with Crippen molar-refractivity contribution in [3.63, 3.8) is 0 Å². The predicted octanol–water partition coefficient (Wildman–Crippen LogP) is 5.18. The van der Waals surface area contributed by atoms with Gasteiger partial charge < -0.3 is 0 Å². The summed E-state index contributed by atoms with van der Waals surface area (Å²) in [6.07, 6.45) is -9.72. The maximum absolute atomic E-state index is 13.2. The maximum atomic E-state index is 13.2. The van der Waals surface area contributed by atoms with Gasteiger partial charge in [-0.2, -0.15) is 26.3 Å². The first-order chi connectivity index (χ1) is 10.7. The zero-order chi connectivity index (χ0) is 17.1. The molecule has 0 bridgehead atoms. The summed E-state index contributed by atoms with van der Waals surface area (Å²) in [7, 11) is 0. The lowest BCUT2D eigenvalue weighted by Crippen LogP contribution is -2.42. The van der Waals surface area contributed by atoms with Crippen LogP contribution in [0.15, 0.2) is 60.7 Å². The molecule has 0 amide bonds. The normalized spacial score (nSPS) is 15.2. The first kappa shape index (κ1) is 17.3. The largest absolute Gasteiger partial charge is 0.407 e. The summed E-state index contributed by atoms with van der Waals surface area (Å²) in [4.78, 5) is 0. The molecule has 0 radical (unpaired) electrons. The molecule has 2 aromatic rings. The zero-order valence-corrected chi connectivity index (χ0v) is 11.7. The van der Waals surface area contributed by atoms with E-state index in [-0.39, 0.29) is 11.1 Å². The van der Waals surface area contributed by atoms with Crippen molar-refractivity contribution in [3.8, 4) is 0 Å². The van der Waals surface area contributed by atoms with Crippen LogP contribution in [0.1, 0.15) is 23.2 Å². The third kappa shape index (κ3) is 4.48. The van der Waals surface area contributed by atoms with E-state index < -0.39 is 24.4 Å². The van der Waals surface area contributed by atoms with Crippen LogP contribution in [0.3, 0.4) is 0 Å². The Kier molecular flexibility index (Phi) is 4.99. The van der Waals surface area contributed by atoms with Crippen LogP contribution in [0.2, 0.25) is 0 Å². The second-order valence-corrected chi connectivity index (χ2v) is 4.94. The molecule has 2 atom stereocenters. The van der Waals surface area contributed by atoms with Crippen LogP contribution < -0.4 is 5.32 Å². The van der Waals surface area contributed by atoms with Gasteiger partial charge in [0.2, 0.25) is 0 Å². The molecule has 0 aromatic heterocycles. The van der Waals surface area contributed by atoms with E-state index >= 15 is 0 Å². The number of alkyl halides is 6. The molecule has 0 unspecified atom stereocenters. The smallest absolute Gasteiger partial charge is 0.288 e. The Morgan fingerprint density at radius 2 is 0.870 bits per heavy atom. The van der Waals surface area contributed by atoms with E-state index in [1.165, 1.54) is 36.4 Å². The first-order valence-electron chi connectivity index (χ1n) is 6.69. The van der Waals surface area contributed by atoms with Gasteiger partial charge in [0.1, 0.15) is 12.1 Å². The third-order valence-electron chi connectivity index (χ3n) is 3.25. The first-order valence-corrected chi connectivity index (χ1v) is 6.69. The van der Waals surface area contributed by atoms with Gasteiger partial charge in [0.15, 0.2) is 0 Å². The molecule has 0 fully saturated rings. The summed E-state index contributed by atoms with van der Waals surface area (Å²) in [5.41, 5.74) is -0.546. The van der Waals surface area contributed by atoms with E-state index in [0.717, 1.165) is 24.3 Å². The van der Waals surface area contributed by atoms with Gasteiger partial charge >= 0.3 is 12.4 Å². The molecular weight excluding hydrogens is 320 g/mol. The van der Waals surface area contributed by atoms with E-state index in [1.807, 2.05) is 0 Å². The molecule has 1 N–H and O–H groups in total. The van der Waals surface area contributed by atoms with Gasteiger partial charge in [-0.15, -0.1) is 0 Å². The van der Waals surface area contributed by atoms with E-state index in [9.17, 15) is 26.3 Å². The van der Waals surface area contributed by atoms with Gasteiger partial charge in [0, 0.05) is 0 Å². The Bertz CT molecular complexity index is 550. The van der Waals surface area contributed by atoms with Crippen molar-refractivity contribution in [2.24, 2.45) is 0 Å². The second-order valence-electron chi connectivity index (χ2n) is 4.94. The molecule has 0 aliphatic heterocycles. The van der Waals surface area contributed by atoms with Crippen LogP contribution >= 0.6 is 0 Å². The molecule has 0 aliphatic carbocycles. The van der Waals surface area contributed by atoms with Crippen molar-refractivity contribution in [2.45, 2.75) is 24.4 Å². The van der Waals surface area contributed by atoms with E-state index in [4.69, 9.17) is 0 Å². The van der Waals surface area contributed by atoms with Crippen LogP contribution in [0.4, 0.5) is 26.3 Å². The molecule has 0 heterocycles. The minimum absolute atomic E-state index is 0.273. The van der Waals surface area contributed by atoms with Crippen LogP contribution in [-0.2, 0) is 0 Å². The quantitative estimate of drug-likeness (QED) is 0.760. The maximum Gasteiger partial charge on any atom is 0.407 e. The Morgan fingerprint density at radius 3 is 1.13 bits per heavy atom. The molecule has 1 nitrogen and oxygen atoms in total. The lowest BCUT2D eigenvalue weighted by atomic mass is 10.0. The lowest BCUT2D eigenvalue weighted by Gasteiger charge is -2.29. The van der Waals surface area contributed by atoms with Crippen molar-refractivity contribution in [1.82, 2.24) is 5.32 Å². The fourth-order valence-electron chi connectivity index (χ4n) is 2.22. The molecule has 23 heavy (non-hydrogen) atoms. The third-order valence-corrected chi connectivity index (χ3v) is 3.25.